The minimum atomic E-state index is -4.51. The molecular formula is C19H18F3N3OS2. The summed E-state index contributed by atoms with van der Waals surface area (Å²) in [6, 6.07) is 11.8. The molecule has 0 spiro atoms. The Hall–Kier alpha value is -2.26. The summed E-state index contributed by atoms with van der Waals surface area (Å²) in [5.74, 6) is 0. The second-order valence-corrected chi connectivity index (χ2v) is 10.1. The average Bonchev–Trinajstić information content (AvgIpc) is 3.00. The van der Waals surface area contributed by atoms with Crippen molar-refractivity contribution in [1.29, 1.82) is 0 Å². The highest BCUT2D eigenvalue weighted by Gasteiger charge is 2.32. The molecule has 0 radical (unpaired) electrons. The molecule has 0 bridgehead atoms. The number of alkyl halides is 3. The van der Waals surface area contributed by atoms with Crippen molar-refractivity contribution >= 4 is 26.2 Å². The molecule has 0 fully saturated rings. The van der Waals surface area contributed by atoms with Gasteiger partial charge in [0.05, 0.1) is 20.7 Å². The van der Waals surface area contributed by atoms with E-state index >= 15 is 0 Å². The topological polar surface area (TPSA) is 55.2 Å². The third-order valence-electron chi connectivity index (χ3n) is 4.29. The van der Waals surface area contributed by atoms with Gasteiger partial charge in [-0.1, -0.05) is 47.7 Å². The van der Waals surface area contributed by atoms with E-state index in [-0.39, 0.29) is 0 Å². The molecule has 1 aromatic carbocycles. The standard InChI is InChI=1S/C19H18F3N3OS2/c1-12-17(14-7-5-4-6-8-14)24-18(27-12)25-28(3,26)13(2)15-9-10-16(23-11-15)19(20,21)22/h4-11,13H,1-3H3. The molecule has 3 rings (SSSR count). The van der Waals surface area contributed by atoms with Crippen LogP contribution >= 0.6 is 11.3 Å². The Balaban J connectivity index is 1.92. The van der Waals surface area contributed by atoms with Crippen LogP contribution in [0.5, 0.6) is 0 Å². The highest BCUT2D eigenvalue weighted by molar-refractivity contribution is 7.93. The molecule has 0 saturated carbocycles. The van der Waals surface area contributed by atoms with Gasteiger partial charge in [-0.2, -0.15) is 17.5 Å². The predicted octanol–water partition coefficient (Wildman–Crippen LogP) is 6.02. The van der Waals surface area contributed by atoms with Crippen molar-refractivity contribution in [3.05, 3.63) is 64.8 Å². The van der Waals surface area contributed by atoms with E-state index in [9.17, 15) is 17.4 Å². The van der Waals surface area contributed by atoms with Gasteiger partial charge in [0, 0.05) is 22.9 Å². The Morgan fingerprint density at radius 2 is 1.82 bits per heavy atom. The van der Waals surface area contributed by atoms with Gasteiger partial charge in [0.25, 0.3) is 0 Å². The van der Waals surface area contributed by atoms with E-state index in [1.165, 1.54) is 23.7 Å². The molecule has 0 N–H and O–H groups in total. The first kappa shape index (κ1) is 20.5. The number of halogens is 3. The first-order valence-corrected chi connectivity index (χ1v) is 11.1. The number of hydrogen-bond donors (Lipinski definition) is 0. The van der Waals surface area contributed by atoms with Crippen LogP contribution in [0.4, 0.5) is 18.3 Å². The maximum absolute atomic E-state index is 13.1. The lowest BCUT2D eigenvalue weighted by Crippen LogP contribution is -2.11. The molecule has 148 valence electrons. The van der Waals surface area contributed by atoms with Gasteiger partial charge in [0.1, 0.15) is 5.69 Å². The van der Waals surface area contributed by atoms with Gasteiger partial charge in [-0.15, -0.1) is 0 Å². The van der Waals surface area contributed by atoms with Gasteiger partial charge in [-0.25, -0.2) is 9.19 Å². The summed E-state index contributed by atoms with van der Waals surface area (Å²) < 4.78 is 55.5. The molecular weight excluding hydrogens is 407 g/mol. The predicted molar refractivity (Wildman–Crippen MR) is 106 cm³/mol. The molecule has 0 aliphatic carbocycles. The fourth-order valence-electron chi connectivity index (χ4n) is 2.59. The van der Waals surface area contributed by atoms with Crippen molar-refractivity contribution in [2.45, 2.75) is 25.3 Å². The number of aryl methyl sites for hydroxylation is 1. The Bertz CT molecular complexity index is 1080. The van der Waals surface area contributed by atoms with Crippen molar-refractivity contribution in [1.82, 2.24) is 9.97 Å². The lowest BCUT2D eigenvalue weighted by Gasteiger charge is -2.14. The van der Waals surface area contributed by atoms with E-state index in [1.54, 1.807) is 6.92 Å². The third kappa shape index (κ3) is 4.41. The Kier molecular flexibility index (Phi) is 5.58. The summed E-state index contributed by atoms with van der Waals surface area (Å²) >= 11 is 1.33. The molecule has 28 heavy (non-hydrogen) atoms. The monoisotopic (exact) mass is 425 g/mol. The smallest absolute Gasteiger partial charge is 0.251 e. The van der Waals surface area contributed by atoms with Crippen LogP contribution in [0.25, 0.3) is 11.3 Å². The largest absolute Gasteiger partial charge is 0.433 e. The first-order valence-electron chi connectivity index (χ1n) is 8.35. The first-order chi connectivity index (χ1) is 13.1. The zero-order valence-corrected chi connectivity index (χ0v) is 17.0. The second-order valence-electron chi connectivity index (χ2n) is 6.34. The summed E-state index contributed by atoms with van der Waals surface area (Å²) in [5.41, 5.74) is 1.18. The Labute approximate surface area is 165 Å². The van der Waals surface area contributed by atoms with Crippen molar-refractivity contribution in [2.24, 2.45) is 4.36 Å². The summed E-state index contributed by atoms with van der Waals surface area (Å²) in [5, 5.41) is -0.220. The normalized spacial score (nSPS) is 15.1. The summed E-state index contributed by atoms with van der Waals surface area (Å²) in [6.45, 7) is 3.58. The highest BCUT2D eigenvalue weighted by atomic mass is 32.2. The zero-order valence-electron chi connectivity index (χ0n) is 15.4. The fourth-order valence-corrected chi connectivity index (χ4v) is 5.00. The SMILES string of the molecule is Cc1sc(N=S(C)(=O)C(C)c2ccc(C(F)(F)F)nc2)nc1-c1ccccc1. The van der Waals surface area contributed by atoms with Gasteiger partial charge in [0.15, 0.2) is 0 Å². The summed E-state index contributed by atoms with van der Waals surface area (Å²) in [6.07, 6.45) is -1.92. The van der Waals surface area contributed by atoms with Crippen molar-refractivity contribution in [2.75, 3.05) is 6.26 Å². The molecule has 3 aromatic rings. The molecule has 9 heteroatoms. The fraction of sp³-hybridized carbons (Fsp3) is 0.263. The maximum atomic E-state index is 13.1. The number of hydrogen-bond acceptors (Lipinski definition) is 5. The summed E-state index contributed by atoms with van der Waals surface area (Å²) in [7, 11) is -2.80. The second kappa shape index (κ2) is 7.63. The van der Waals surface area contributed by atoms with E-state index in [1.807, 2.05) is 37.3 Å². The van der Waals surface area contributed by atoms with E-state index in [4.69, 9.17) is 0 Å². The van der Waals surface area contributed by atoms with Crippen LogP contribution in [0.3, 0.4) is 0 Å². The van der Waals surface area contributed by atoms with Crippen molar-refractivity contribution in [3.63, 3.8) is 0 Å². The van der Waals surface area contributed by atoms with E-state index in [2.05, 4.69) is 14.3 Å². The van der Waals surface area contributed by atoms with Crippen LogP contribution in [0, 0.1) is 6.92 Å². The van der Waals surface area contributed by atoms with Crippen LogP contribution < -0.4 is 0 Å². The third-order valence-corrected chi connectivity index (χ3v) is 7.39. The highest BCUT2D eigenvalue weighted by Crippen LogP contribution is 2.35. The zero-order chi connectivity index (χ0) is 20.5. The van der Waals surface area contributed by atoms with E-state index in [0.29, 0.717) is 10.7 Å². The van der Waals surface area contributed by atoms with Gasteiger partial charge >= 0.3 is 6.18 Å². The van der Waals surface area contributed by atoms with Crippen molar-refractivity contribution < 1.29 is 17.4 Å². The van der Waals surface area contributed by atoms with Crippen molar-refractivity contribution in [3.8, 4) is 11.3 Å². The van der Waals surface area contributed by atoms with Crippen LogP contribution in [0.15, 0.2) is 53.0 Å². The molecule has 4 nitrogen and oxygen atoms in total. The number of aromatic nitrogens is 2. The average molecular weight is 426 g/mol. The molecule has 0 saturated heterocycles. The molecule has 0 aliphatic heterocycles. The molecule has 0 amide bonds. The molecule has 2 heterocycles. The van der Waals surface area contributed by atoms with Gasteiger partial charge in [0.2, 0.25) is 5.13 Å². The van der Waals surface area contributed by atoms with Crippen LogP contribution in [-0.2, 0) is 15.9 Å². The van der Waals surface area contributed by atoms with Crippen LogP contribution in [0.1, 0.15) is 28.3 Å². The van der Waals surface area contributed by atoms with E-state index in [0.717, 1.165) is 28.4 Å². The van der Waals surface area contributed by atoms with E-state index < -0.39 is 26.8 Å². The molecule has 2 atom stereocenters. The molecule has 0 aliphatic rings. The number of thiazole rings is 1. The Morgan fingerprint density at radius 3 is 2.39 bits per heavy atom. The molecule has 2 unspecified atom stereocenters. The lowest BCUT2D eigenvalue weighted by atomic mass is 10.1. The summed E-state index contributed by atoms with van der Waals surface area (Å²) in [4.78, 5) is 8.89. The number of pyridine rings is 1. The lowest BCUT2D eigenvalue weighted by molar-refractivity contribution is -0.141. The number of benzene rings is 1. The van der Waals surface area contributed by atoms with Gasteiger partial charge in [-0.3, -0.25) is 4.98 Å². The molecule has 2 aromatic heterocycles. The minimum Gasteiger partial charge on any atom is -0.251 e. The quantitative estimate of drug-likeness (QED) is 0.513. The van der Waals surface area contributed by atoms with Crippen LogP contribution in [0.2, 0.25) is 0 Å². The minimum absolute atomic E-state index is 0.385. The Morgan fingerprint density at radius 1 is 1.14 bits per heavy atom. The van der Waals surface area contributed by atoms with Gasteiger partial charge < -0.3 is 0 Å². The van der Waals surface area contributed by atoms with Crippen LogP contribution in [-0.4, -0.2) is 20.4 Å². The number of rotatable bonds is 4. The van der Waals surface area contributed by atoms with Gasteiger partial charge in [-0.05, 0) is 25.5 Å². The maximum Gasteiger partial charge on any atom is 0.433 e. The number of nitrogens with zero attached hydrogens (tertiary/aromatic N) is 3.